The van der Waals surface area contributed by atoms with Crippen molar-refractivity contribution in [2.24, 2.45) is 11.1 Å². The number of carboxylic acids is 1. The van der Waals surface area contributed by atoms with Gasteiger partial charge >= 0.3 is 5.97 Å². The molecule has 5 heteroatoms. The van der Waals surface area contributed by atoms with Gasteiger partial charge in [-0.1, -0.05) is 37.2 Å². The zero-order valence-corrected chi connectivity index (χ0v) is 12.8. The Morgan fingerprint density at radius 2 is 2.19 bits per heavy atom. The molecule has 2 heterocycles. The summed E-state index contributed by atoms with van der Waals surface area (Å²) in [6.07, 6.45) is 1.09. The highest BCUT2D eigenvalue weighted by Gasteiger charge is 2.53. The number of carbonyl (C=O) groups is 1. The van der Waals surface area contributed by atoms with E-state index in [-0.39, 0.29) is 5.92 Å². The van der Waals surface area contributed by atoms with Crippen molar-refractivity contribution in [3.8, 4) is 0 Å². The number of hydrogen-bond acceptors (Lipinski definition) is 4. The molecule has 1 aliphatic rings. The third-order valence-corrected chi connectivity index (χ3v) is 5.31. The maximum absolute atomic E-state index is 11.7. The van der Waals surface area contributed by atoms with Gasteiger partial charge in [-0.25, -0.2) is 4.79 Å². The van der Waals surface area contributed by atoms with Crippen LogP contribution < -0.4 is 0 Å². The van der Waals surface area contributed by atoms with Gasteiger partial charge in [-0.15, -0.1) is 11.3 Å². The van der Waals surface area contributed by atoms with Gasteiger partial charge < -0.3 is 9.94 Å². The van der Waals surface area contributed by atoms with Crippen molar-refractivity contribution in [1.82, 2.24) is 0 Å². The predicted octanol–water partition coefficient (Wildman–Crippen LogP) is 3.90. The minimum absolute atomic E-state index is 0.215. The number of carboxylic acid groups (broad SMARTS) is 1. The van der Waals surface area contributed by atoms with Gasteiger partial charge in [-0.3, -0.25) is 0 Å². The van der Waals surface area contributed by atoms with Crippen LogP contribution in [0, 0.1) is 5.92 Å². The molecule has 0 spiro atoms. The molecular formula is C16H17NO3S. The highest BCUT2D eigenvalue weighted by Crippen LogP contribution is 2.40. The van der Waals surface area contributed by atoms with Crippen molar-refractivity contribution in [2.45, 2.75) is 32.3 Å². The minimum atomic E-state index is -1.22. The lowest BCUT2D eigenvalue weighted by Crippen LogP contribution is -2.46. The Hall–Kier alpha value is -1.88. The van der Waals surface area contributed by atoms with Gasteiger partial charge in [0.15, 0.2) is 0 Å². The second-order valence-electron chi connectivity index (χ2n) is 5.23. The van der Waals surface area contributed by atoms with Crippen LogP contribution in [0.3, 0.4) is 0 Å². The summed E-state index contributed by atoms with van der Waals surface area (Å²) >= 11 is 1.63. The summed E-state index contributed by atoms with van der Waals surface area (Å²) in [4.78, 5) is 18.1. The second-order valence-corrected chi connectivity index (χ2v) is 6.31. The third kappa shape index (κ3) is 2.03. The highest BCUT2D eigenvalue weighted by molar-refractivity contribution is 7.20. The molecule has 4 nitrogen and oxygen atoms in total. The SMILES string of the molecule is CCC1C(c2cc3ccccc3s2)=NOC1(CC)C(=O)O. The number of benzene rings is 1. The van der Waals surface area contributed by atoms with E-state index in [1.165, 1.54) is 4.70 Å². The van der Waals surface area contributed by atoms with Gasteiger partial charge in [-0.2, -0.15) is 0 Å². The summed E-state index contributed by atoms with van der Waals surface area (Å²) in [5.41, 5.74) is -0.455. The van der Waals surface area contributed by atoms with E-state index in [0.717, 1.165) is 16.0 Å². The van der Waals surface area contributed by atoms with Gasteiger partial charge in [0.05, 0.1) is 10.8 Å². The summed E-state index contributed by atoms with van der Waals surface area (Å²) in [7, 11) is 0. The van der Waals surface area contributed by atoms with Crippen molar-refractivity contribution in [3.05, 3.63) is 35.2 Å². The molecule has 2 aromatic rings. The Balaban J connectivity index is 2.04. The fourth-order valence-electron chi connectivity index (χ4n) is 2.98. The van der Waals surface area contributed by atoms with E-state index in [0.29, 0.717) is 12.8 Å². The number of rotatable bonds is 4. The minimum Gasteiger partial charge on any atom is -0.478 e. The van der Waals surface area contributed by atoms with E-state index in [2.05, 4.69) is 23.4 Å². The van der Waals surface area contributed by atoms with Crippen LogP contribution in [0.15, 0.2) is 35.5 Å². The first-order valence-corrected chi connectivity index (χ1v) is 7.92. The first-order valence-electron chi connectivity index (χ1n) is 7.10. The topological polar surface area (TPSA) is 58.9 Å². The molecule has 0 bridgehead atoms. The van der Waals surface area contributed by atoms with Gasteiger partial charge in [0.1, 0.15) is 5.71 Å². The number of oxime groups is 1. The highest BCUT2D eigenvalue weighted by atomic mass is 32.1. The zero-order chi connectivity index (χ0) is 15.0. The van der Waals surface area contributed by atoms with E-state index in [1.807, 2.05) is 26.0 Å². The number of aliphatic carboxylic acids is 1. The molecule has 0 saturated heterocycles. The van der Waals surface area contributed by atoms with Crippen LogP contribution in [0.2, 0.25) is 0 Å². The molecule has 1 aliphatic heterocycles. The predicted molar refractivity (Wildman–Crippen MR) is 83.9 cm³/mol. The number of hydrogen-bond donors (Lipinski definition) is 1. The van der Waals surface area contributed by atoms with Crippen LogP contribution in [0.5, 0.6) is 0 Å². The monoisotopic (exact) mass is 303 g/mol. The summed E-state index contributed by atoms with van der Waals surface area (Å²) in [6, 6.07) is 10.2. The Kier molecular flexibility index (Phi) is 3.45. The fraction of sp³-hybridized carbons (Fsp3) is 0.375. The second kappa shape index (κ2) is 5.15. The van der Waals surface area contributed by atoms with E-state index in [4.69, 9.17) is 4.84 Å². The number of fused-ring (bicyclic) bond motifs is 1. The van der Waals surface area contributed by atoms with Crippen LogP contribution in [0.25, 0.3) is 10.1 Å². The Morgan fingerprint density at radius 3 is 2.81 bits per heavy atom. The summed E-state index contributed by atoms with van der Waals surface area (Å²) in [5, 5.41) is 14.9. The Morgan fingerprint density at radius 1 is 1.43 bits per heavy atom. The number of nitrogens with zero attached hydrogens (tertiary/aromatic N) is 1. The normalized spacial score (nSPS) is 24.9. The quantitative estimate of drug-likeness (QED) is 0.932. The molecule has 0 aliphatic carbocycles. The third-order valence-electron chi connectivity index (χ3n) is 4.17. The standard InChI is InChI=1S/C16H17NO3S/c1-3-11-14(17-20-16(11,4-2)15(18)19)13-9-10-7-5-6-8-12(10)21-13/h5-9,11H,3-4H2,1-2H3,(H,18,19). The van der Waals surface area contributed by atoms with Crippen LogP contribution in [-0.2, 0) is 9.63 Å². The van der Waals surface area contributed by atoms with Gasteiger partial charge in [-0.05, 0) is 30.4 Å². The first kappa shape index (κ1) is 14.1. The van der Waals surface area contributed by atoms with Crippen LogP contribution in [0.1, 0.15) is 31.6 Å². The summed E-state index contributed by atoms with van der Waals surface area (Å²) < 4.78 is 1.18. The molecule has 2 atom stereocenters. The van der Waals surface area contributed by atoms with Gasteiger partial charge in [0.2, 0.25) is 5.60 Å². The van der Waals surface area contributed by atoms with E-state index in [9.17, 15) is 9.90 Å². The van der Waals surface area contributed by atoms with Crippen molar-refractivity contribution in [2.75, 3.05) is 0 Å². The zero-order valence-electron chi connectivity index (χ0n) is 12.0. The summed E-state index contributed by atoms with van der Waals surface area (Å²) in [5.74, 6) is -1.15. The first-order chi connectivity index (χ1) is 10.1. The molecule has 0 amide bonds. The lowest BCUT2D eigenvalue weighted by atomic mass is 9.80. The largest absolute Gasteiger partial charge is 0.478 e. The average Bonchev–Trinajstić information content (AvgIpc) is 3.07. The van der Waals surface area contributed by atoms with E-state index in [1.54, 1.807) is 11.3 Å². The van der Waals surface area contributed by atoms with Gasteiger partial charge in [0.25, 0.3) is 0 Å². The average molecular weight is 303 g/mol. The fourth-order valence-corrected chi connectivity index (χ4v) is 4.08. The molecule has 21 heavy (non-hydrogen) atoms. The maximum Gasteiger partial charge on any atom is 0.351 e. The van der Waals surface area contributed by atoms with E-state index < -0.39 is 11.6 Å². The van der Waals surface area contributed by atoms with Crippen LogP contribution >= 0.6 is 11.3 Å². The molecule has 1 aromatic heterocycles. The number of thiophene rings is 1. The van der Waals surface area contributed by atoms with E-state index >= 15 is 0 Å². The molecule has 0 radical (unpaired) electrons. The maximum atomic E-state index is 11.7. The Labute approximate surface area is 127 Å². The molecule has 0 saturated carbocycles. The summed E-state index contributed by atoms with van der Waals surface area (Å²) in [6.45, 7) is 3.82. The van der Waals surface area contributed by atoms with Crippen molar-refractivity contribution in [3.63, 3.8) is 0 Å². The molecule has 3 rings (SSSR count). The van der Waals surface area contributed by atoms with Crippen LogP contribution in [0.4, 0.5) is 0 Å². The van der Waals surface area contributed by atoms with Gasteiger partial charge in [0, 0.05) is 4.70 Å². The molecular weight excluding hydrogens is 286 g/mol. The Bertz CT molecular complexity index is 688. The smallest absolute Gasteiger partial charge is 0.351 e. The lowest BCUT2D eigenvalue weighted by molar-refractivity contribution is -0.167. The molecule has 0 fully saturated rings. The van der Waals surface area contributed by atoms with Crippen molar-refractivity contribution < 1.29 is 14.7 Å². The molecule has 1 N–H and O–H groups in total. The molecule has 2 unspecified atom stereocenters. The van der Waals surface area contributed by atoms with Crippen LogP contribution in [-0.4, -0.2) is 22.4 Å². The van der Waals surface area contributed by atoms with Crippen molar-refractivity contribution >= 4 is 33.1 Å². The van der Waals surface area contributed by atoms with Crippen molar-refractivity contribution in [1.29, 1.82) is 0 Å². The molecule has 1 aromatic carbocycles. The lowest BCUT2D eigenvalue weighted by Gasteiger charge is -2.26. The molecule has 110 valence electrons.